The van der Waals surface area contributed by atoms with Crippen molar-refractivity contribution < 1.29 is 17.9 Å². The van der Waals surface area contributed by atoms with E-state index in [-0.39, 0.29) is 17.8 Å². The first-order valence-corrected chi connectivity index (χ1v) is 11.8. The Morgan fingerprint density at radius 1 is 0.970 bits per heavy atom. The molecule has 0 saturated heterocycles. The van der Waals surface area contributed by atoms with Gasteiger partial charge in [-0.3, -0.25) is 0 Å². The molecule has 174 valence electrons. The molecule has 0 N–H and O–H groups in total. The highest BCUT2D eigenvalue weighted by Gasteiger charge is 2.30. The number of methoxy groups -OCH3 is 1. The third kappa shape index (κ3) is 5.33. The summed E-state index contributed by atoms with van der Waals surface area (Å²) in [5.41, 5.74) is 2.75. The normalized spacial score (nSPS) is 28.4. The Hall–Kier alpha value is -2.59. The van der Waals surface area contributed by atoms with Gasteiger partial charge in [0.05, 0.1) is 6.10 Å². The lowest BCUT2D eigenvalue weighted by molar-refractivity contribution is 0.141. The highest BCUT2D eigenvalue weighted by Crippen LogP contribution is 2.42. The molecule has 0 radical (unpaired) electrons. The van der Waals surface area contributed by atoms with Crippen molar-refractivity contribution in [1.29, 1.82) is 0 Å². The van der Waals surface area contributed by atoms with Crippen molar-refractivity contribution in [3.05, 3.63) is 95.4 Å². The van der Waals surface area contributed by atoms with E-state index in [1.54, 1.807) is 19.3 Å². The Balaban J connectivity index is 1.40. The lowest BCUT2D eigenvalue weighted by Crippen LogP contribution is -2.18. The van der Waals surface area contributed by atoms with Crippen molar-refractivity contribution in [2.75, 3.05) is 7.11 Å². The summed E-state index contributed by atoms with van der Waals surface area (Å²) in [4.78, 5) is 0. The summed E-state index contributed by atoms with van der Waals surface area (Å²) in [5.74, 6) is -1.62. The molecule has 1 fully saturated rings. The van der Waals surface area contributed by atoms with Crippen LogP contribution in [0.5, 0.6) is 0 Å². The molecule has 1 saturated carbocycles. The molecule has 2 unspecified atom stereocenters. The Labute approximate surface area is 194 Å². The number of benzene rings is 1. The number of ether oxygens (including phenoxy) is 1. The molecule has 2 atom stereocenters. The fourth-order valence-corrected chi connectivity index (χ4v) is 5.00. The highest BCUT2D eigenvalue weighted by atomic mass is 19.2. The standard InChI is InChI=1S/C29H31F3O/c1-3-19-4-9-22(10-5-19)26-16-14-23(28(31)29(26)32)13-8-20-6-11-21(12-7-20)25-17-15-24(33-2)18-27(25)30/h3,6-8,11-13,16-19,22-24H,1,4-5,9-10,14-15H2,2H3/b13-8+. The molecule has 0 aliphatic heterocycles. The molecule has 0 heterocycles. The Kier molecular flexibility index (Phi) is 7.54. The maximum atomic E-state index is 14.9. The van der Waals surface area contributed by atoms with E-state index < -0.39 is 17.6 Å². The zero-order chi connectivity index (χ0) is 23.4. The summed E-state index contributed by atoms with van der Waals surface area (Å²) >= 11 is 0. The first kappa shape index (κ1) is 23.6. The van der Waals surface area contributed by atoms with Gasteiger partial charge in [-0.2, -0.15) is 0 Å². The van der Waals surface area contributed by atoms with Crippen LogP contribution in [0.4, 0.5) is 13.2 Å². The van der Waals surface area contributed by atoms with Gasteiger partial charge in [-0.25, -0.2) is 13.2 Å². The van der Waals surface area contributed by atoms with Crippen molar-refractivity contribution in [3.8, 4) is 0 Å². The van der Waals surface area contributed by atoms with E-state index in [0.717, 1.165) is 36.8 Å². The molecule has 1 nitrogen and oxygen atoms in total. The van der Waals surface area contributed by atoms with Crippen LogP contribution in [0.2, 0.25) is 0 Å². The second-order valence-corrected chi connectivity index (χ2v) is 9.13. The Bertz CT molecular complexity index is 1020. The van der Waals surface area contributed by atoms with Gasteiger partial charge < -0.3 is 4.74 Å². The summed E-state index contributed by atoms with van der Waals surface area (Å²) in [6, 6.07) is 7.42. The van der Waals surface area contributed by atoms with Crippen molar-refractivity contribution >= 4 is 11.6 Å². The summed E-state index contributed by atoms with van der Waals surface area (Å²) < 4.78 is 49.2. The lowest BCUT2D eigenvalue weighted by atomic mass is 9.76. The van der Waals surface area contributed by atoms with Gasteiger partial charge in [0.15, 0.2) is 5.83 Å². The third-order valence-corrected chi connectivity index (χ3v) is 7.11. The summed E-state index contributed by atoms with van der Waals surface area (Å²) in [5, 5.41) is 0. The number of hydrogen-bond acceptors (Lipinski definition) is 1. The molecule has 3 aliphatic rings. The molecule has 1 aromatic carbocycles. The van der Waals surface area contributed by atoms with Gasteiger partial charge in [0.25, 0.3) is 0 Å². The second-order valence-electron chi connectivity index (χ2n) is 9.13. The quantitative estimate of drug-likeness (QED) is 0.394. The topological polar surface area (TPSA) is 9.23 Å². The molecule has 1 aromatic rings. The molecule has 0 aromatic heterocycles. The van der Waals surface area contributed by atoms with Gasteiger partial charge in [-0.1, -0.05) is 54.6 Å². The molecule has 0 spiro atoms. The molecule has 0 bridgehead atoms. The van der Waals surface area contributed by atoms with E-state index in [1.807, 2.05) is 42.5 Å². The van der Waals surface area contributed by atoms with Crippen LogP contribution in [0.3, 0.4) is 0 Å². The zero-order valence-electron chi connectivity index (χ0n) is 19.1. The van der Waals surface area contributed by atoms with Crippen molar-refractivity contribution in [2.24, 2.45) is 17.8 Å². The van der Waals surface area contributed by atoms with Crippen molar-refractivity contribution in [3.63, 3.8) is 0 Å². The van der Waals surface area contributed by atoms with E-state index in [4.69, 9.17) is 4.74 Å². The van der Waals surface area contributed by atoms with E-state index in [0.29, 0.717) is 29.9 Å². The first-order chi connectivity index (χ1) is 16.0. The van der Waals surface area contributed by atoms with Crippen LogP contribution in [-0.2, 0) is 4.74 Å². The lowest BCUT2D eigenvalue weighted by Gasteiger charge is -2.30. The number of rotatable bonds is 6. The van der Waals surface area contributed by atoms with Crippen molar-refractivity contribution in [1.82, 2.24) is 0 Å². The Morgan fingerprint density at radius 3 is 2.33 bits per heavy atom. The van der Waals surface area contributed by atoms with Gasteiger partial charge in [0.1, 0.15) is 11.7 Å². The SMILES string of the molecule is C=CC1CCC(C2=CCC(/C=C/c3ccc(C4=CCC(OC)C=C4F)cc3)C(F)=C2F)CC1. The number of halogens is 3. The van der Waals surface area contributed by atoms with Gasteiger partial charge in [-0.15, -0.1) is 6.58 Å². The minimum atomic E-state index is -0.672. The fraction of sp³-hybridized carbons (Fsp3) is 0.379. The average Bonchev–Trinajstić information content (AvgIpc) is 2.85. The third-order valence-electron chi connectivity index (χ3n) is 7.11. The maximum absolute atomic E-state index is 14.9. The van der Waals surface area contributed by atoms with Gasteiger partial charge >= 0.3 is 0 Å². The minimum absolute atomic E-state index is 0.104. The van der Waals surface area contributed by atoms with Crippen LogP contribution in [0.1, 0.15) is 49.7 Å². The van der Waals surface area contributed by atoms with Crippen LogP contribution in [-0.4, -0.2) is 13.2 Å². The van der Waals surface area contributed by atoms with Gasteiger partial charge in [-0.05, 0) is 73.1 Å². The maximum Gasteiger partial charge on any atom is 0.158 e. The predicted octanol–water partition coefficient (Wildman–Crippen LogP) is 8.44. The van der Waals surface area contributed by atoms with E-state index in [1.165, 1.54) is 6.08 Å². The molecule has 0 amide bonds. The van der Waals surface area contributed by atoms with Crippen LogP contribution >= 0.6 is 0 Å². The summed E-state index contributed by atoms with van der Waals surface area (Å²) in [7, 11) is 1.57. The predicted molar refractivity (Wildman–Crippen MR) is 129 cm³/mol. The van der Waals surface area contributed by atoms with Crippen LogP contribution < -0.4 is 0 Å². The molecule has 4 heteroatoms. The zero-order valence-corrected chi connectivity index (χ0v) is 19.1. The monoisotopic (exact) mass is 452 g/mol. The average molecular weight is 453 g/mol. The van der Waals surface area contributed by atoms with E-state index in [2.05, 4.69) is 6.58 Å². The smallest absolute Gasteiger partial charge is 0.158 e. The molecule has 4 rings (SSSR count). The van der Waals surface area contributed by atoms with Crippen LogP contribution in [0.15, 0.2) is 84.3 Å². The Morgan fingerprint density at radius 2 is 1.70 bits per heavy atom. The highest BCUT2D eigenvalue weighted by molar-refractivity contribution is 5.78. The number of allylic oxidation sites excluding steroid dienone is 8. The largest absolute Gasteiger partial charge is 0.377 e. The second kappa shape index (κ2) is 10.6. The van der Waals surface area contributed by atoms with Crippen molar-refractivity contribution in [2.45, 2.75) is 44.6 Å². The van der Waals surface area contributed by atoms with Crippen LogP contribution in [0, 0.1) is 17.8 Å². The first-order valence-electron chi connectivity index (χ1n) is 11.8. The van der Waals surface area contributed by atoms with E-state index in [9.17, 15) is 13.2 Å². The van der Waals surface area contributed by atoms with E-state index >= 15 is 0 Å². The minimum Gasteiger partial charge on any atom is -0.377 e. The van der Waals surface area contributed by atoms with Crippen LogP contribution in [0.25, 0.3) is 11.6 Å². The number of hydrogen-bond donors (Lipinski definition) is 0. The molecular weight excluding hydrogens is 421 g/mol. The van der Waals surface area contributed by atoms with Gasteiger partial charge in [0.2, 0.25) is 0 Å². The summed E-state index contributed by atoms with van der Waals surface area (Å²) in [6.45, 7) is 3.85. The molecular formula is C29H31F3O. The van der Waals surface area contributed by atoms with Gasteiger partial charge in [0, 0.05) is 18.6 Å². The summed E-state index contributed by atoms with van der Waals surface area (Å²) in [6.07, 6.45) is 15.3. The molecule has 3 aliphatic carbocycles. The fourth-order valence-electron chi connectivity index (χ4n) is 5.00. The molecule has 33 heavy (non-hydrogen) atoms.